The lowest BCUT2D eigenvalue weighted by Gasteiger charge is -2.11. The van der Waals surface area contributed by atoms with Crippen molar-refractivity contribution in [2.45, 2.75) is 6.92 Å². The fourth-order valence-electron chi connectivity index (χ4n) is 1.71. The zero-order valence-electron chi connectivity index (χ0n) is 11.5. The summed E-state index contributed by atoms with van der Waals surface area (Å²) in [7, 11) is 0. The molecule has 0 aliphatic rings. The molecule has 4 nitrogen and oxygen atoms in total. The van der Waals surface area contributed by atoms with Gasteiger partial charge < -0.3 is 14.9 Å². The highest BCUT2D eigenvalue weighted by Crippen LogP contribution is 2.41. The van der Waals surface area contributed by atoms with E-state index in [0.29, 0.717) is 37.6 Å². The van der Waals surface area contributed by atoms with E-state index in [0.717, 1.165) is 0 Å². The van der Waals surface area contributed by atoms with Crippen LogP contribution in [-0.4, -0.2) is 23.0 Å². The number of hydrogen-bond donors (Lipinski definition) is 2. The molecule has 0 unspecified atom stereocenters. The lowest BCUT2D eigenvalue weighted by molar-refractivity contribution is 0.317. The first kappa shape index (κ1) is 17.1. The standard InChI is InChI=1S/C15H12Br2ClNO3/c1-2-22-12-5-8(13(16)14(17)15(12)21)7-19-10-6-9(18)3-4-11(10)20/h3-7,20-21H,2H2,1H3. The average molecular weight is 450 g/mol. The van der Waals surface area contributed by atoms with Gasteiger partial charge in [-0.05, 0) is 63.0 Å². The van der Waals surface area contributed by atoms with Crippen molar-refractivity contribution in [1.82, 2.24) is 0 Å². The Morgan fingerprint density at radius 3 is 2.64 bits per heavy atom. The first-order valence-electron chi connectivity index (χ1n) is 6.30. The first-order chi connectivity index (χ1) is 10.4. The number of halogens is 3. The molecule has 0 aromatic heterocycles. The zero-order valence-corrected chi connectivity index (χ0v) is 15.4. The van der Waals surface area contributed by atoms with Gasteiger partial charge in [0.15, 0.2) is 11.5 Å². The molecule has 0 aliphatic carbocycles. The lowest BCUT2D eigenvalue weighted by Crippen LogP contribution is -1.95. The SMILES string of the molecule is CCOc1cc(C=Nc2cc(Cl)ccc2O)c(Br)c(Br)c1O. The number of phenols is 2. The van der Waals surface area contributed by atoms with Gasteiger partial charge in [-0.1, -0.05) is 11.6 Å². The number of ether oxygens (including phenoxy) is 1. The van der Waals surface area contributed by atoms with Crippen molar-refractivity contribution in [3.63, 3.8) is 0 Å². The van der Waals surface area contributed by atoms with Crippen LogP contribution in [0.25, 0.3) is 0 Å². The molecule has 7 heteroatoms. The molecule has 0 aliphatic heterocycles. The normalized spacial score (nSPS) is 11.1. The van der Waals surface area contributed by atoms with Gasteiger partial charge in [0.05, 0.1) is 11.1 Å². The molecular weight excluding hydrogens is 437 g/mol. The molecule has 0 radical (unpaired) electrons. The van der Waals surface area contributed by atoms with Gasteiger partial charge in [0.25, 0.3) is 0 Å². The summed E-state index contributed by atoms with van der Waals surface area (Å²) in [6.45, 7) is 2.25. The maximum atomic E-state index is 10.00. The van der Waals surface area contributed by atoms with Crippen molar-refractivity contribution in [3.05, 3.63) is 43.8 Å². The Hall–Kier alpha value is -1.24. The summed E-state index contributed by atoms with van der Waals surface area (Å²) in [5.74, 6) is 0.380. The number of nitrogens with zero attached hydrogens (tertiary/aromatic N) is 1. The van der Waals surface area contributed by atoms with Crippen LogP contribution in [-0.2, 0) is 0 Å². The quantitative estimate of drug-likeness (QED) is 0.613. The number of benzene rings is 2. The van der Waals surface area contributed by atoms with Gasteiger partial charge in [-0.2, -0.15) is 0 Å². The van der Waals surface area contributed by atoms with Crippen LogP contribution < -0.4 is 4.74 Å². The Bertz CT molecular complexity index is 735. The van der Waals surface area contributed by atoms with Crippen molar-refractivity contribution in [2.24, 2.45) is 4.99 Å². The van der Waals surface area contributed by atoms with E-state index < -0.39 is 0 Å². The van der Waals surface area contributed by atoms with Crippen molar-refractivity contribution in [1.29, 1.82) is 0 Å². The Morgan fingerprint density at radius 1 is 1.23 bits per heavy atom. The fourth-order valence-corrected chi connectivity index (χ4v) is 2.71. The van der Waals surface area contributed by atoms with Crippen molar-refractivity contribution < 1.29 is 14.9 Å². The van der Waals surface area contributed by atoms with E-state index in [2.05, 4.69) is 36.9 Å². The molecule has 0 amide bonds. The molecule has 0 saturated heterocycles. The maximum absolute atomic E-state index is 10.00. The molecule has 0 saturated carbocycles. The summed E-state index contributed by atoms with van der Waals surface area (Å²) in [6.07, 6.45) is 1.54. The molecular formula is C15H12Br2ClNO3. The van der Waals surface area contributed by atoms with Gasteiger partial charge in [-0.15, -0.1) is 0 Å². The minimum Gasteiger partial charge on any atom is -0.506 e. The summed E-state index contributed by atoms with van der Waals surface area (Å²) in [6, 6.07) is 6.26. The molecule has 22 heavy (non-hydrogen) atoms. The molecule has 0 atom stereocenters. The Balaban J connectivity index is 2.44. The molecule has 2 rings (SSSR count). The molecule has 0 bridgehead atoms. The number of aliphatic imine (C=N–C) groups is 1. The highest BCUT2D eigenvalue weighted by atomic mass is 79.9. The minimum absolute atomic E-state index is 0.0106. The van der Waals surface area contributed by atoms with E-state index in [-0.39, 0.29) is 11.5 Å². The van der Waals surface area contributed by atoms with Crippen molar-refractivity contribution >= 4 is 55.4 Å². The predicted octanol–water partition coefficient (Wildman–Crippen LogP) is 5.43. The molecule has 0 fully saturated rings. The van der Waals surface area contributed by atoms with Crippen LogP contribution in [0.2, 0.25) is 5.02 Å². The summed E-state index contributed by atoms with van der Waals surface area (Å²) in [4.78, 5) is 4.22. The number of hydrogen-bond acceptors (Lipinski definition) is 4. The molecule has 0 spiro atoms. The third-order valence-corrected chi connectivity index (χ3v) is 5.15. The second-order valence-corrected chi connectivity index (χ2v) is 6.29. The molecule has 2 aromatic rings. The third kappa shape index (κ3) is 3.74. The highest BCUT2D eigenvalue weighted by molar-refractivity contribution is 9.13. The van der Waals surface area contributed by atoms with Crippen LogP contribution in [0.1, 0.15) is 12.5 Å². The largest absolute Gasteiger partial charge is 0.506 e. The number of rotatable bonds is 4. The Morgan fingerprint density at radius 2 is 1.95 bits per heavy atom. The van der Waals surface area contributed by atoms with E-state index >= 15 is 0 Å². The smallest absolute Gasteiger partial charge is 0.173 e. The van der Waals surface area contributed by atoms with Gasteiger partial charge in [0, 0.05) is 21.3 Å². The van der Waals surface area contributed by atoms with Gasteiger partial charge in [-0.3, -0.25) is 4.99 Å². The first-order valence-corrected chi connectivity index (χ1v) is 8.26. The minimum atomic E-state index is 0.0106. The van der Waals surface area contributed by atoms with Gasteiger partial charge in [0.2, 0.25) is 0 Å². The summed E-state index contributed by atoms with van der Waals surface area (Å²) < 4.78 is 6.47. The maximum Gasteiger partial charge on any atom is 0.173 e. The van der Waals surface area contributed by atoms with Crippen LogP contribution in [0.15, 0.2) is 38.2 Å². The van der Waals surface area contributed by atoms with Crippen LogP contribution >= 0.6 is 43.5 Å². The summed E-state index contributed by atoms with van der Waals surface area (Å²) in [5, 5.41) is 20.2. The summed E-state index contributed by atoms with van der Waals surface area (Å²) in [5.41, 5.74) is 1.02. The van der Waals surface area contributed by atoms with Gasteiger partial charge in [0.1, 0.15) is 11.4 Å². The van der Waals surface area contributed by atoms with Gasteiger partial charge >= 0.3 is 0 Å². The van der Waals surface area contributed by atoms with E-state index in [9.17, 15) is 10.2 Å². The molecule has 116 valence electrons. The Kier molecular flexibility index (Phi) is 5.72. The predicted molar refractivity (Wildman–Crippen MR) is 95.0 cm³/mol. The molecule has 2 aromatic carbocycles. The fraction of sp³-hybridized carbons (Fsp3) is 0.133. The lowest BCUT2D eigenvalue weighted by atomic mass is 10.2. The van der Waals surface area contributed by atoms with E-state index in [1.807, 2.05) is 6.92 Å². The second kappa shape index (κ2) is 7.35. The number of aromatic hydroxyl groups is 2. The average Bonchev–Trinajstić information content (AvgIpc) is 2.50. The molecule has 2 N–H and O–H groups in total. The van der Waals surface area contributed by atoms with Crippen LogP contribution in [0, 0.1) is 0 Å². The second-order valence-electron chi connectivity index (χ2n) is 4.26. The molecule has 0 heterocycles. The zero-order chi connectivity index (χ0) is 16.3. The third-order valence-electron chi connectivity index (χ3n) is 2.75. The van der Waals surface area contributed by atoms with E-state index in [4.69, 9.17) is 16.3 Å². The van der Waals surface area contributed by atoms with Crippen LogP contribution in [0.3, 0.4) is 0 Å². The van der Waals surface area contributed by atoms with Crippen molar-refractivity contribution in [3.8, 4) is 17.2 Å². The summed E-state index contributed by atoms with van der Waals surface area (Å²) >= 11 is 12.6. The topological polar surface area (TPSA) is 62.0 Å². The monoisotopic (exact) mass is 447 g/mol. The van der Waals surface area contributed by atoms with E-state index in [1.54, 1.807) is 24.4 Å². The van der Waals surface area contributed by atoms with E-state index in [1.165, 1.54) is 6.07 Å². The van der Waals surface area contributed by atoms with Crippen LogP contribution in [0.4, 0.5) is 5.69 Å². The van der Waals surface area contributed by atoms with Crippen molar-refractivity contribution in [2.75, 3.05) is 6.61 Å². The van der Waals surface area contributed by atoms with Crippen LogP contribution in [0.5, 0.6) is 17.2 Å². The highest BCUT2D eigenvalue weighted by Gasteiger charge is 2.14. The Labute approximate surface area is 149 Å². The van der Waals surface area contributed by atoms with Gasteiger partial charge in [-0.25, -0.2) is 0 Å². The number of phenolic OH excluding ortho intramolecular Hbond substituents is 2.